The minimum atomic E-state index is 0.439. The van der Waals surface area contributed by atoms with Crippen molar-refractivity contribution in [3.05, 3.63) is 11.4 Å². The smallest absolute Gasteiger partial charge is 0.165 e. The summed E-state index contributed by atoms with van der Waals surface area (Å²) in [5.41, 5.74) is 0.923. The van der Waals surface area contributed by atoms with Crippen LogP contribution in [0.5, 0.6) is 0 Å². The van der Waals surface area contributed by atoms with Gasteiger partial charge in [0.25, 0.3) is 0 Å². The molecule has 1 aromatic heterocycles. The van der Waals surface area contributed by atoms with Crippen molar-refractivity contribution in [2.24, 2.45) is 0 Å². The molecule has 1 N–H and O–H groups in total. The molecule has 0 aliphatic rings. The molecule has 0 radical (unpaired) electrons. The first-order chi connectivity index (χ1) is 7.19. The molecule has 0 fully saturated rings. The molecule has 1 rings (SSSR count). The van der Waals surface area contributed by atoms with E-state index >= 15 is 0 Å². The van der Waals surface area contributed by atoms with Gasteiger partial charge in [0.15, 0.2) is 5.69 Å². The molecule has 0 saturated heterocycles. The van der Waals surface area contributed by atoms with E-state index in [4.69, 9.17) is 5.41 Å². The molecule has 15 heavy (non-hydrogen) atoms. The molecule has 0 atom stereocenters. The third-order valence-corrected chi connectivity index (χ3v) is 1.69. The Hall–Kier alpha value is -1.28. The number of thiol groups is 1. The quantitative estimate of drug-likeness (QED) is 0.459. The largest absolute Gasteiger partial charge is 0.306 e. The normalized spacial score (nSPS) is 8.27. The standard InChI is InChI=1S/C6H6N4S.C4H10/c1-2-3-5-6(4-7)9-10(11)8-5;1-3-4-2/h4,7,11H,1H3;3-4H2,1-2H3. The van der Waals surface area contributed by atoms with Crippen LogP contribution < -0.4 is 0 Å². The predicted molar refractivity (Wildman–Crippen MR) is 65.4 cm³/mol. The minimum absolute atomic E-state index is 0.439. The van der Waals surface area contributed by atoms with E-state index in [-0.39, 0.29) is 0 Å². The van der Waals surface area contributed by atoms with Gasteiger partial charge in [-0.05, 0) is 25.7 Å². The molecule has 4 nitrogen and oxygen atoms in total. The molecular formula is C10H16N4S. The van der Waals surface area contributed by atoms with Crippen LogP contribution in [-0.4, -0.2) is 20.6 Å². The van der Waals surface area contributed by atoms with E-state index in [2.05, 4.69) is 48.7 Å². The molecule has 1 aromatic rings. The SMILES string of the molecule is CC#Cc1nn(S)nc1C=N.CCCC. The van der Waals surface area contributed by atoms with E-state index in [0.717, 1.165) is 10.4 Å². The number of hydrogen-bond acceptors (Lipinski definition) is 4. The van der Waals surface area contributed by atoms with E-state index in [1.807, 2.05) is 0 Å². The zero-order valence-corrected chi connectivity index (χ0v) is 10.2. The number of rotatable bonds is 2. The van der Waals surface area contributed by atoms with Crippen LogP contribution >= 0.6 is 12.8 Å². The molecule has 0 aliphatic heterocycles. The first-order valence-electron chi connectivity index (χ1n) is 4.79. The highest BCUT2D eigenvalue weighted by atomic mass is 32.1. The van der Waals surface area contributed by atoms with Gasteiger partial charge in [-0.15, -0.1) is 14.4 Å². The van der Waals surface area contributed by atoms with Gasteiger partial charge in [-0.1, -0.05) is 32.6 Å². The average molecular weight is 224 g/mol. The molecule has 1 heterocycles. The van der Waals surface area contributed by atoms with Crippen molar-refractivity contribution in [2.75, 3.05) is 0 Å². The van der Waals surface area contributed by atoms with Crippen LogP contribution in [0.3, 0.4) is 0 Å². The Morgan fingerprint density at radius 3 is 2.40 bits per heavy atom. The van der Waals surface area contributed by atoms with Gasteiger partial charge in [-0.25, -0.2) is 0 Å². The van der Waals surface area contributed by atoms with Crippen molar-refractivity contribution in [1.82, 2.24) is 14.4 Å². The third kappa shape index (κ3) is 5.23. The summed E-state index contributed by atoms with van der Waals surface area (Å²) in [5.74, 6) is 5.37. The molecule has 5 heteroatoms. The fourth-order valence-corrected chi connectivity index (χ4v) is 0.797. The zero-order chi connectivity index (χ0) is 11.7. The first-order valence-corrected chi connectivity index (χ1v) is 5.19. The second-order valence-electron chi connectivity index (χ2n) is 2.72. The van der Waals surface area contributed by atoms with Crippen LogP contribution in [0.4, 0.5) is 0 Å². The fraction of sp³-hybridized carbons (Fsp3) is 0.500. The monoisotopic (exact) mass is 224 g/mol. The Morgan fingerprint density at radius 2 is 2.00 bits per heavy atom. The lowest BCUT2D eigenvalue weighted by atomic mass is 10.3. The van der Waals surface area contributed by atoms with Gasteiger partial charge in [-0.2, -0.15) is 0 Å². The lowest BCUT2D eigenvalue weighted by Gasteiger charge is -1.76. The lowest BCUT2D eigenvalue weighted by molar-refractivity contribution is 0.867. The molecule has 0 aromatic carbocycles. The Morgan fingerprint density at radius 1 is 1.40 bits per heavy atom. The number of nitrogens with zero attached hydrogens (tertiary/aromatic N) is 3. The molecule has 0 bridgehead atoms. The van der Waals surface area contributed by atoms with Crippen molar-refractivity contribution in [2.45, 2.75) is 33.6 Å². The summed E-state index contributed by atoms with van der Waals surface area (Å²) >= 11 is 3.85. The molecule has 0 aliphatic carbocycles. The summed E-state index contributed by atoms with van der Waals surface area (Å²) in [6.45, 7) is 6.06. The number of unbranched alkanes of at least 4 members (excludes halogenated alkanes) is 1. The van der Waals surface area contributed by atoms with E-state index in [1.165, 1.54) is 12.8 Å². The van der Waals surface area contributed by atoms with Gasteiger partial charge >= 0.3 is 0 Å². The highest BCUT2D eigenvalue weighted by Crippen LogP contribution is 1.97. The second-order valence-corrected chi connectivity index (χ2v) is 3.08. The van der Waals surface area contributed by atoms with E-state index < -0.39 is 0 Å². The number of aromatic nitrogens is 3. The van der Waals surface area contributed by atoms with Gasteiger partial charge in [0.2, 0.25) is 0 Å². The Balaban J connectivity index is 0.000000423. The van der Waals surface area contributed by atoms with E-state index in [0.29, 0.717) is 11.4 Å². The van der Waals surface area contributed by atoms with Crippen LogP contribution in [-0.2, 0) is 0 Å². The lowest BCUT2D eigenvalue weighted by Crippen LogP contribution is -1.85. The third-order valence-electron chi connectivity index (χ3n) is 1.51. The summed E-state index contributed by atoms with van der Waals surface area (Å²) in [7, 11) is 0. The maximum Gasteiger partial charge on any atom is 0.165 e. The second kappa shape index (κ2) is 8.06. The van der Waals surface area contributed by atoms with Gasteiger partial charge in [0.1, 0.15) is 5.69 Å². The number of nitrogens with one attached hydrogen (secondary N) is 1. The summed E-state index contributed by atoms with van der Waals surface area (Å²) in [5, 5.41) is 14.5. The van der Waals surface area contributed by atoms with Crippen molar-refractivity contribution in [3.63, 3.8) is 0 Å². The van der Waals surface area contributed by atoms with Gasteiger partial charge in [0.05, 0.1) is 0 Å². The van der Waals surface area contributed by atoms with Crippen molar-refractivity contribution in [1.29, 1.82) is 5.41 Å². The maximum absolute atomic E-state index is 6.93. The highest BCUT2D eigenvalue weighted by Gasteiger charge is 2.02. The van der Waals surface area contributed by atoms with Crippen LogP contribution in [0.2, 0.25) is 0 Å². The predicted octanol–water partition coefficient (Wildman–Crippen LogP) is 2.15. The number of hydrogen-bond donors (Lipinski definition) is 2. The van der Waals surface area contributed by atoms with Crippen LogP contribution in [0.25, 0.3) is 0 Å². The van der Waals surface area contributed by atoms with Crippen LogP contribution in [0.1, 0.15) is 45.0 Å². The Kier molecular flexibility index (Phi) is 7.38. The van der Waals surface area contributed by atoms with Crippen LogP contribution in [0.15, 0.2) is 0 Å². The molecule has 0 amide bonds. The highest BCUT2D eigenvalue weighted by molar-refractivity contribution is 7.78. The molecule has 0 spiro atoms. The average Bonchev–Trinajstić information content (AvgIpc) is 2.60. The summed E-state index contributed by atoms with van der Waals surface area (Å²) in [4.78, 5) is 0. The topological polar surface area (TPSA) is 54.6 Å². The zero-order valence-electron chi connectivity index (χ0n) is 9.28. The molecule has 0 saturated carbocycles. The van der Waals surface area contributed by atoms with E-state index in [9.17, 15) is 0 Å². The summed E-state index contributed by atoms with van der Waals surface area (Å²) < 4.78 is 1.10. The Labute approximate surface area is 96.1 Å². The first kappa shape index (κ1) is 13.7. The molecule has 0 unspecified atom stereocenters. The molecular weight excluding hydrogens is 208 g/mol. The van der Waals surface area contributed by atoms with Gasteiger partial charge < -0.3 is 5.41 Å². The van der Waals surface area contributed by atoms with Gasteiger partial charge in [0, 0.05) is 6.21 Å². The Bertz CT molecular complexity index is 357. The van der Waals surface area contributed by atoms with E-state index in [1.54, 1.807) is 6.92 Å². The maximum atomic E-state index is 6.93. The minimum Gasteiger partial charge on any atom is -0.306 e. The fourth-order valence-electron chi connectivity index (χ4n) is 0.611. The van der Waals surface area contributed by atoms with Crippen molar-refractivity contribution < 1.29 is 0 Å². The molecule has 82 valence electrons. The summed E-state index contributed by atoms with van der Waals surface area (Å²) in [6, 6.07) is 0. The summed E-state index contributed by atoms with van der Waals surface area (Å²) in [6.07, 6.45) is 3.74. The van der Waals surface area contributed by atoms with Crippen LogP contribution in [0, 0.1) is 17.3 Å². The van der Waals surface area contributed by atoms with Crippen molar-refractivity contribution in [3.8, 4) is 11.8 Å². The van der Waals surface area contributed by atoms with Crippen molar-refractivity contribution >= 4 is 19.0 Å². The van der Waals surface area contributed by atoms with Gasteiger partial charge in [-0.3, -0.25) is 0 Å².